The summed E-state index contributed by atoms with van der Waals surface area (Å²) in [5.74, 6) is -0.354. The molecule has 0 amide bonds. The van der Waals surface area contributed by atoms with E-state index >= 15 is 0 Å². The van der Waals surface area contributed by atoms with Gasteiger partial charge in [-0.25, -0.2) is 9.78 Å². The maximum atomic E-state index is 10.8. The molecule has 0 spiro atoms. The van der Waals surface area contributed by atoms with E-state index in [-0.39, 0.29) is 5.56 Å². The molecule has 0 aliphatic heterocycles. The fourth-order valence-corrected chi connectivity index (χ4v) is 1.85. The number of aromatic nitrogens is 1. The molecule has 0 saturated heterocycles. The largest absolute Gasteiger partial charge is 0.478 e. The number of nitrogens with two attached hydrogens (primary N) is 1. The number of rotatable bonds is 7. The van der Waals surface area contributed by atoms with Crippen LogP contribution in [0.4, 0.5) is 11.5 Å². The van der Waals surface area contributed by atoms with Crippen molar-refractivity contribution in [3.63, 3.8) is 0 Å². The van der Waals surface area contributed by atoms with Crippen molar-refractivity contribution in [1.29, 1.82) is 0 Å². The number of carbonyl (C=O) groups is 1. The van der Waals surface area contributed by atoms with Crippen LogP contribution in [0.2, 0.25) is 0 Å². The Hall–Kier alpha value is -1.82. The Balaban J connectivity index is 2.78. The summed E-state index contributed by atoms with van der Waals surface area (Å²) < 4.78 is 0. The summed E-state index contributed by atoms with van der Waals surface area (Å²) in [4.78, 5) is 19.2. The number of hydrogen-bond donors (Lipinski definition) is 2. The molecule has 6 heteroatoms. The van der Waals surface area contributed by atoms with E-state index in [1.165, 1.54) is 12.3 Å². The van der Waals surface area contributed by atoms with Crippen LogP contribution in [-0.4, -0.2) is 54.7 Å². The summed E-state index contributed by atoms with van der Waals surface area (Å²) in [5, 5.41) is 8.88. The monoisotopic (exact) mass is 266 g/mol. The maximum absolute atomic E-state index is 10.8. The Morgan fingerprint density at radius 1 is 1.42 bits per heavy atom. The van der Waals surface area contributed by atoms with Crippen LogP contribution in [-0.2, 0) is 0 Å². The van der Waals surface area contributed by atoms with Gasteiger partial charge in [-0.2, -0.15) is 0 Å². The van der Waals surface area contributed by atoms with E-state index < -0.39 is 5.97 Å². The summed E-state index contributed by atoms with van der Waals surface area (Å²) in [6.45, 7) is 4.65. The molecule has 6 nitrogen and oxygen atoms in total. The lowest BCUT2D eigenvalue weighted by Gasteiger charge is -2.24. The van der Waals surface area contributed by atoms with Crippen LogP contribution in [0.25, 0.3) is 0 Å². The van der Waals surface area contributed by atoms with Crippen LogP contribution in [0.15, 0.2) is 12.3 Å². The van der Waals surface area contributed by atoms with Crippen LogP contribution in [0, 0.1) is 0 Å². The van der Waals surface area contributed by atoms with Gasteiger partial charge in [0.1, 0.15) is 0 Å². The molecule has 0 aromatic carbocycles. The lowest BCUT2D eigenvalue weighted by molar-refractivity contribution is 0.0696. The zero-order valence-electron chi connectivity index (χ0n) is 11.8. The third-order valence-corrected chi connectivity index (χ3v) is 2.86. The van der Waals surface area contributed by atoms with Gasteiger partial charge in [-0.1, -0.05) is 0 Å². The van der Waals surface area contributed by atoms with Crippen molar-refractivity contribution in [3.8, 4) is 0 Å². The molecular weight excluding hydrogens is 244 g/mol. The summed E-state index contributed by atoms with van der Waals surface area (Å²) in [6.07, 6.45) is 2.35. The number of hydrogen-bond acceptors (Lipinski definition) is 5. The van der Waals surface area contributed by atoms with Crippen LogP contribution in [0.1, 0.15) is 23.7 Å². The third-order valence-electron chi connectivity index (χ3n) is 2.86. The van der Waals surface area contributed by atoms with Gasteiger partial charge in [0.25, 0.3) is 0 Å². The van der Waals surface area contributed by atoms with E-state index in [0.717, 1.165) is 26.1 Å². The normalized spacial score (nSPS) is 10.7. The Morgan fingerprint density at radius 3 is 2.58 bits per heavy atom. The van der Waals surface area contributed by atoms with Crippen molar-refractivity contribution in [2.45, 2.75) is 13.3 Å². The number of nitrogens with zero attached hydrogens (tertiary/aromatic N) is 3. The van der Waals surface area contributed by atoms with Gasteiger partial charge < -0.3 is 20.6 Å². The van der Waals surface area contributed by atoms with Gasteiger partial charge in [0.05, 0.1) is 11.3 Å². The minimum Gasteiger partial charge on any atom is -0.478 e. The summed E-state index contributed by atoms with van der Waals surface area (Å²) >= 11 is 0. The zero-order chi connectivity index (χ0) is 14.4. The molecule has 0 bridgehead atoms. The van der Waals surface area contributed by atoms with Crippen LogP contribution < -0.4 is 10.6 Å². The first-order valence-corrected chi connectivity index (χ1v) is 6.34. The first kappa shape index (κ1) is 15.2. The molecule has 0 aliphatic carbocycles. The number of aromatic carboxylic acids is 1. The Bertz CT molecular complexity index is 435. The summed E-state index contributed by atoms with van der Waals surface area (Å²) in [7, 11) is 4.06. The minimum atomic E-state index is -1.01. The van der Waals surface area contributed by atoms with Crippen LogP contribution in [0.5, 0.6) is 0 Å². The van der Waals surface area contributed by atoms with Crippen molar-refractivity contribution in [2.75, 3.05) is 44.4 Å². The second-order valence-electron chi connectivity index (χ2n) is 4.68. The van der Waals surface area contributed by atoms with E-state index in [1.54, 1.807) is 0 Å². The van der Waals surface area contributed by atoms with E-state index in [4.69, 9.17) is 10.8 Å². The molecule has 0 unspecified atom stereocenters. The molecule has 19 heavy (non-hydrogen) atoms. The number of pyridine rings is 1. The highest BCUT2D eigenvalue weighted by molar-refractivity contribution is 5.89. The second kappa shape index (κ2) is 6.94. The minimum absolute atomic E-state index is 0.116. The molecule has 3 N–H and O–H groups in total. The van der Waals surface area contributed by atoms with Crippen LogP contribution in [0.3, 0.4) is 0 Å². The molecule has 1 rings (SSSR count). The molecule has 1 aromatic heterocycles. The highest BCUT2D eigenvalue weighted by Crippen LogP contribution is 2.21. The summed E-state index contributed by atoms with van der Waals surface area (Å²) in [5.41, 5.74) is 6.41. The Morgan fingerprint density at radius 2 is 2.11 bits per heavy atom. The highest BCUT2D eigenvalue weighted by atomic mass is 16.4. The number of carboxylic acids is 1. The summed E-state index contributed by atoms with van der Waals surface area (Å²) in [6, 6.07) is 1.46. The van der Waals surface area contributed by atoms with Crippen molar-refractivity contribution in [2.24, 2.45) is 0 Å². The Labute approximate surface area is 113 Å². The van der Waals surface area contributed by atoms with Crippen molar-refractivity contribution >= 4 is 17.5 Å². The average Bonchev–Trinajstić information content (AvgIpc) is 2.34. The van der Waals surface area contributed by atoms with E-state index in [0.29, 0.717) is 11.5 Å². The fourth-order valence-electron chi connectivity index (χ4n) is 1.85. The first-order chi connectivity index (χ1) is 8.95. The average molecular weight is 266 g/mol. The quantitative estimate of drug-likeness (QED) is 0.770. The predicted molar refractivity (Wildman–Crippen MR) is 76.7 cm³/mol. The molecule has 0 saturated carbocycles. The van der Waals surface area contributed by atoms with E-state index in [1.807, 2.05) is 21.0 Å². The van der Waals surface area contributed by atoms with Crippen molar-refractivity contribution in [3.05, 3.63) is 17.8 Å². The first-order valence-electron chi connectivity index (χ1n) is 6.34. The molecular formula is C13H22N4O2. The number of anilines is 2. The molecule has 106 valence electrons. The molecule has 0 radical (unpaired) electrons. The standard InChI is InChI=1S/C13H22N4O2/c1-4-17(7-5-6-16(2)3)12-11(14)8-10(9-15-12)13(18)19/h8-9H,4-7,14H2,1-3H3,(H,18,19). The SMILES string of the molecule is CCN(CCCN(C)C)c1ncc(C(=O)O)cc1N. The van der Waals surface area contributed by atoms with Gasteiger partial charge >= 0.3 is 5.97 Å². The zero-order valence-corrected chi connectivity index (χ0v) is 11.8. The number of carboxylic acid groups (broad SMARTS) is 1. The van der Waals surface area contributed by atoms with Crippen molar-refractivity contribution < 1.29 is 9.90 Å². The maximum Gasteiger partial charge on any atom is 0.337 e. The van der Waals surface area contributed by atoms with Crippen molar-refractivity contribution in [1.82, 2.24) is 9.88 Å². The molecule has 0 fully saturated rings. The second-order valence-corrected chi connectivity index (χ2v) is 4.68. The topological polar surface area (TPSA) is 82.7 Å². The Kier molecular flexibility index (Phi) is 5.57. The van der Waals surface area contributed by atoms with E-state index in [9.17, 15) is 4.79 Å². The van der Waals surface area contributed by atoms with Gasteiger partial charge in [0.15, 0.2) is 5.82 Å². The third kappa shape index (κ3) is 4.40. The molecule has 0 atom stereocenters. The lowest BCUT2D eigenvalue weighted by atomic mass is 10.2. The number of nitrogen functional groups attached to an aromatic ring is 1. The highest BCUT2D eigenvalue weighted by Gasteiger charge is 2.12. The molecule has 0 aliphatic rings. The lowest BCUT2D eigenvalue weighted by Crippen LogP contribution is -2.28. The molecule has 1 aromatic rings. The van der Waals surface area contributed by atoms with Gasteiger partial charge in [0, 0.05) is 19.3 Å². The fraction of sp³-hybridized carbons (Fsp3) is 0.538. The van der Waals surface area contributed by atoms with Gasteiger partial charge in [0.2, 0.25) is 0 Å². The van der Waals surface area contributed by atoms with Gasteiger partial charge in [-0.3, -0.25) is 0 Å². The smallest absolute Gasteiger partial charge is 0.337 e. The predicted octanol–water partition coefficient (Wildman–Crippen LogP) is 1.14. The van der Waals surface area contributed by atoms with Crippen LogP contribution >= 0.6 is 0 Å². The van der Waals surface area contributed by atoms with Gasteiger partial charge in [-0.15, -0.1) is 0 Å². The molecule has 1 heterocycles. The van der Waals surface area contributed by atoms with Gasteiger partial charge in [-0.05, 0) is 40.1 Å². The van der Waals surface area contributed by atoms with E-state index in [2.05, 4.69) is 14.8 Å².